The maximum atomic E-state index is 9.63. The van der Waals surface area contributed by atoms with Crippen LogP contribution in [0.15, 0.2) is 6.20 Å². The molecule has 1 aromatic rings. The van der Waals surface area contributed by atoms with Gasteiger partial charge < -0.3 is 15.7 Å². The average molecular weight is 210 g/mol. The number of piperidine rings is 1. The van der Waals surface area contributed by atoms with Crippen LogP contribution in [-0.4, -0.2) is 34.1 Å². The quantitative estimate of drug-likeness (QED) is 0.695. The molecule has 5 heteroatoms. The summed E-state index contributed by atoms with van der Waals surface area (Å²) in [5, 5.41) is 14.0. The van der Waals surface area contributed by atoms with Crippen LogP contribution in [0.4, 0.5) is 11.5 Å². The van der Waals surface area contributed by atoms with E-state index in [-0.39, 0.29) is 12.0 Å². The average Bonchev–Trinajstić information content (AvgIpc) is 2.50. The van der Waals surface area contributed by atoms with Gasteiger partial charge in [-0.05, 0) is 12.3 Å². The predicted molar refractivity (Wildman–Crippen MR) is 59.6 cm³/mol. The number of rotatable bonds is 1. The summed E-state index contributed by atoms with van der Waals surface area (Å²) in [6, 6.07) is 0. The molecule has 2 atom stereocenters. The number of anilines is 2. The van der Waals surface area contributed by atoms with Crippen LogP contribution < -0.4 is 10.6 Å². The Labute approximate surface area is 89.5 Å². The summed E-state index contributed by atoms with van der Waals surface area (Å²) in [5.74, 6) is 1.12. The SMILES string of the molecule is CC1CN(c2nn(C)cc2N)CCC1O. The lowest BCUT2D eigenvalue weighted by molar-refractivity contribution is 0.0969. The Hall–Kier alpha value is -1.23. The van der Waals surface area contributed by atoms with E-state index in [0.717, 1.165) is 25.3 Å². The Balaban J connectivity index is 2.15. The lowest BCUT2D eigenvalue weighted by atomic mass is 9.97. The predicted octanol–water partition coefficient (Wildman–Crippen LogP) is 0.209. The third-order valence-electron chi connectivity index (χ3n) is 3.00. The number of hydrogen-bond donors (Lipinski definition) is 2. The van der Waals surface area contributed by atoms with Gasteiger partial charge in [-0.3, -0.25) is 4.68 Å². The monoisotopic (exact) mass is 210 g/mol. The lowest BCUT2D eigenvalue weighted by Crippen LogP contribution is -2.42. The van der Waals surface area contributed by atoms with Crippen LogP contribution in [0.3, 0.4) is 0 Å². The van der Waals surface area contributed by atoms with E-state index in [4.69, 9.17) is 5.73 Å². The van der Waals surface area contributed by atoms with E-state index in [9.17, 15) is 5.11 Å². The van der Waals surface area contributed by atoms with Crippen LogP contribution in [0.25, 0.3) is 0 Å². The molecule has 3 N–H and O–H groups in total. The fourth-order valence-corrected chi connectivity index (χ4v) is 2.07. The summed E-state index contributed by atoms with van der Waals surface area (Å²) < 4.78 is 1.72. The topological polar surface area (TPSA) is 67.3 Å². The third-order valence-corrected chi connectivity index (χ3v) is 3.00. The second kappa shape index (κ2) is 3.73. The zero-order chi connectivity index (χ0) is 11.0. The minimum atomic E-state index is -0.189. The number of hydrogen-bond acceptors (Lipinski definition) is 4. The Morgan fingerprint density at radius 1 is 1.60 bits per heavy atom. The molecule has 2 rings (SSSR count). The molecular formula is C10H18N4O. The summed E-state index contributed by atoms with van der Waals surface area (Å²) >= 11 is 0. The number of aryl methyl sites for hydroxylation is 1. The lowest BCUT2D eigenvalue weighted by Gasteiger charge is -2.34. The molecule has 5 nitrogen and oxygen atoms in total. The number of nitrogens with zero attached hydrogens (tertiary/aromatic N) is 3. The van der Waals surface area contributed by atoms with Gasteiger partial charge in [0.25, 0.3) is 0 Å². The fraction of sp³-hybridized carbons (Fsp3) is 0.700. The van der Waals surface area contributed by atoms with Crippen molar-refractivity contribution < 1.29 is 5.11 Å². The summed E-state index contributed by atoms with van der Waals surface area (Å²) in [7, 11) is 1.86. The van der Waals surface area contributed by atoms with Crippen molar-refractivity contribution in [2.24, 2.45) is 13.0 Å². The first-order valence-corrected chi connectivity index (χ1v) is 5.30. The maximum absolute atomic E-state index is 9.63. The molecule has 1 aliphatic rings. The molecule has 15 heavy (non-hydrogen) atoms. The van der Waals surface area contributed by atoms with E-state index in [1.807, 2.05) is 13.2 Å². The van der Waals surface area contributed by atoms with Crippen LogP contribution in [0, 0.1) is 5.92 Å². The molecule has 1 aromatic heterocycles. The summed E-state index contributed by atoms with van der Waals surface area (Å²) in [6.45, 7) is 3.70. The minimum absolute atomic E-state index is 0.189. The Morgan fingerprint density at radius 3 is 2.87 bits per heavy atom. The van der Waals surface area contributed by atoms with Crippen molar-refractivity contribution >= 4 is 11.5 Å². The Kier molecular flexibility index (Phi) is 2.56. The van der Waals surface area contributed by atoms with E-state index in [1.165, 1.54) is 0 Å². The molecule has 0 aliphatic carbocycles. The molecule has 84 valence electrons. The van der Waals surface area contributed by atoms with Gasteiger partial charge in [-0.2, -0.15) is 5.10 Å². The van der Waals surface area contributed by atoms with Crippen LogP contribution in [0.5, 0.6) is 0 Å². The van der Waals surface area contributed by atoms with Gasteiger partial charge in [0.2, 0.25) is 0 Å². The van der Waals surface area contributed by atoms with Crippen LogP contribution in [0.1, 0.15) is 13.3 Å². The van der Waals surface area contributed by atoms with Crippen LogP contribution in [0.2, 0.25) is 0 Å². The van der Waals surface area contributed by atoms with Gasteiger partial charge in [0.15, 0.2) is 5.82 Å². The molecular weight excluding hydrogens is 192 g/mol. The zero-order valence-corrected chi connectivity index (χ0v) is 9.22. The molecule has 1 saturated heterocycles. The van der Waals surface area contributed by atoms with Gasteiger partial charge >= 0.3 is 0 Å². The highest BCUT2D eigenvalue weighted by Gasteiger charge is 2.26. The molecule has 0 saturated carbocycles. The number of aliphatic hydroxyl groups excluding tert-OH is 1. The van der Waals surface area contributed by atoms with Crippen molar-refractivity contribution in [3.63, 3.8) is 0 Å². The van der Waals surface area contributed by atoms with Crippen LogP contribution >= 0.6 is 0 Å². The van der Waals surface area contributed by atoms with Crippen molar-refractivity contribution in [2.45, 2.75) is 19.4 Å². The summed E-state index contributed by atoms with van der Waals surface area (Å²) in [5.41, 5.74) is 6.57. The highest BCUT2D eigenvalue weighted by Crippen LogP contribution is 2.26. The highest BCUT2D eigenvalue weighted by molar-refractivity contribution is 5.61. The smallest absolute Gasteiger partial charge is 0.173 e. The largest absolute Gasteiger partial charge is 0.394 e. The summed E-state index contributed by atoms with van der Waals surface area (Å²) in [6.07, 6.45) is 2.41. The number of aromatic nitrogens is 2. The minimum Gasteiger partial charge on any atom is -0.394 e. The molecule has 0 bridgehead atoms. The second-order valence-corrected chi connectivity index (χ2v) is 4.36. The maximum Gasteiger partial charge on any atom is 0.173 e. The van der Waals surface area contributed by atoms with Gasteiger partial charge in [0.1, 0.15) is 0 Å². The van der Waals surface area contributed by atoms with E-state index in [2.05, 4.69) is 16.9 Å². The van der Waals surface area contributed by atoms with Crippen molar-refractivity contribution in [3.05, 3.63) is 6.20 Å². The summed E-state index contributed by atoms with van der Waals surface area (Å²) in [4.78, 5) is 2.15. The normalized spacial score (nSPS) is 27.0. The van der Waals surface area contributed by atoms with Gasteiger partial charge in [0.05, 0.1) is 11.8 Å². The van der Waals surface area contributed by atoms with E-state index < -0.39 is 0 Å². The van der Waals surface area contributed by atoms with Crippen molar-refractivity contribution in [2.75, 3.05) is 23.7 Å². The van der Waals surface area contributed by atoms with Crippen LogP contribution in [-0.2, 0) is 7.05 Å². The van der Waals surface area contributed by atoms with Gasteiger partial charge in [-0.15, -0.1) is 0 Å². The highest BCUT2D eigenvalue weighted by atomic mass is 16.3. The van der Waals surface area contributed by atoms with Crippen molar-refractivity contribution in [1.82, 2.24) is 9.78 Å². The van der Waals surface area contributed by atoms with Gasteiger partial charge in [-0.1, -0.05) is 6.92 Å². The number of nitrogens with two attached hydrogens (primary N) is 1. The van der Waals surface area contributed by atoms with E-state index in [0.29, 0.717) is 5.69 Å². The Bertz CT molecular complexity index is 349. The first-order valence-electron chi connectivity index (χ1n) is 5.30. The molecule has 1 aliphatic heterocycles. The number of nitrogen functional groups attached to an aromatic ring is 1. The third kappa shape index (κ3) is 1.92. The van der Waals surface area contributed by atoms with E-state index in [1.54, 1.807) is 4.68 Å². The molecule has 1 fully saturated rings. The molecule has 2 unspecified atom stereocenters. The number of aliphatic hydroxyl groups is 1. The van der Waals surface area contributed by atoms with Crippen molar-refractivity contribution in [1.29, 1.82) is 0 Å². The van der Waals surface area contributed by atoms with E-state index >= 15 is 0 Å². The molecule has 0 amide bonds. The molecule has 2 heterocycles. The molecule has 0 aromatic carbocycles. The first-order chi connectivity index (χ1) is 7.08. The second-order valence-electron chi connectivity index (χ2n) is 4.36. The standard InChI is InChI=1S/C10H18N4O/c1-7-5-14(4-3-9(7)15)10-8(11)6-13(2)12-10/h6-7,9,15H,3-5,11H2,1-2H3. The first kappa shape index (κ1) is 10.3. The fourth-order valence-electron chi connectivity index (χ4n) is 2.07. The van der Waals surface area contributed by atoms with Gasteiger partial charge in [-0.25, -0.2) is 0 Å². The van der Waals surface area contributed by atoms with Crippen molar-refractivity contribution in [3.8, 4) is 0 Å². The zero-order valence-electron chi connectivity index (χ0n) is 9.22. The molecule has 0 spiro atoms. The van der Waals surface area contributed by atoms with Gasteiger partial charge in [0, 0.05) is 26.3 Å². The molecule has 0 radical (unpaired) electrons. The Morgan fingerprint density at radius 2 is 2.33 bits per heavy atom.